The highest BCUT2D eigenvalue weighted by Crippen LogP contribution is 2.29. The van der Waals surface area contributed by atoms with Crippen molar-refractivity contribution in [2.24, 2.45) is 5.92 Å². The molecule has 0 aromatic heterocycles. The highest BCUT2D eigenvalue weighted by molar-refractivity contribution is 6.30. The number of nitrogens with zero attached hydrogens (tertiary/aromatic N) is 1. The smallest absolute Gasteiger partial charge is 0.253 e. The van der Waals surface area contributed by atoms with E-state index in [1.807, 2.05) is 36.1 Å². The second-order valence-electron chi connectivity index (χ2n) is 6.85. The molecule has 0 saturated carbocycles. The molecule has 1 saturated heterocycles. The molecule has 28 heavy (non-hydrogen) atoms. The van der Waals surface area contributed by atoms with Crippen LogP contribution in [0.2, 0.25) is 5.02 Å². The Hall–Kier alpha value is -2.24. The van der Waals surface area contributed by atoms with Gasteiger partial charge in [-0.05, 0) is 49.2 Å². The summed E-state index contributed by atoms with van der Waals surface area (Å²) in [5.41, 5.74) is 1.60. The standard InChI is InChI=1S/C22H26ClNO4/c1-3-24(13-17-10-11-27-14-17)22(25)18-6-9-20(21(12-18)26-2)28-15-16-4-7-19(23)8-5-16/h4-9,12,17H,3,10-11,13-15H2,1-2H3. The van der Waals surface area contributed by atoms with Crippen LogP contribution in [0, 0.1) is 5.92 Å². The summed E-state index contributed by atoms with van der Waals surface area (Å²) in [5.74, 6) is 1.55. The zero-order valence-electron chi connectivity index (χ0n) is 16.3. The van der Waals surface area contributed by atoms with Crippen molar-refractivity contribution < 1.29 is 19.0 Å². The lowest BCUT2D eigenvalue weighted by Crippen LogP contribution is -2.35. The van der Waals surface area contributed by atoms with Gasteiger partial charge < -0.3 is 19.1 Å². The number of carbonyl (C=O) groups excluding carboxylic acids is 1. The Kier molecular flexibility index (Phi) is 7.18. The topological polar surface area (TPSA) is 48.0 Å². The fraction of sp³-hybridized carbons (Fsp3) is 0.409. The van der Waals surface area contributed by atoms with Crippen LogP contribution in [0.5, 0.6) is 11.5 Å². The Balaban J connectivity index is 1.68. The van der Waals surface area contributed by atoms with Crippen LogP contribution >= 0.6 is 11.6 Å². The molecule has 1 heterocycles. The van der Waals surface area contributed by atoms with Crippen LogP contribution in [0.15, 0.2) is 42.5 Å². The van der Waals surface area contributed by atoms with Gasteiger partial charge in [-0.2, -0.15) is 0 Å². The van der Waals surface area contributed by atoms with Gasteiger partial charge in [0.15, 0.2) is 11.5 Å². The van der Waals surface area contributed by atoms with Gasteiger partial charge >= 0.3 is 0 Å². The van der Waals surface area contributed by atoms with Gasteiger partial charge in [0.25, 0.3) is 5.91 Å². The maximum atomic E-state index is 12.9. The van der Waals surface area contributed by atoms with Crippen LogP contribution < -0.4 is 9.47 Å². The lowest BCUT2D eigenvalue weighted by molar-refractivity contribution is 0.0730. The van der Waals surface area contributed by atoms with Crippen molar-refractivity contribution in [1.82, 2.24) is 4.90 Å². The summed E-state index contributed by atoms with van der Waals surface area (Å²) in [7, 11) is 1.58. The molecule has 5 nitrogen and oxygen atoms in total. The molecular formula is C22H26ClNO4. The number of amides is 1. The van der Waals surface area contributed by atoms with E-state index in [-0.39, 0.29) is 5.91 Å². The number of carbonyl (C=O) groups is 1. The molecule has 0 bridgehead atoms. The van der Waals surface area contributed by atoms with E-state index in [9.17, 15) is 4.79 Å². The van der Waals surface area contributed by atoms with E-state index in [1.54, 1.807) is 25.3 Å². The Labute approximate surface area is 171 Å². The molecule has 2 aromatic rings. The number of halogens is 1. The van der Waals surface area contributed by atoms with Gasteiger partial charge in [-0.15, -0.1) is 0 Å². The number of benzene rings is 2. The number of ether oxygens (including phenoxy) is 3. The Morgan fingerprint density at radius 3 is 2.64 bits per heavy atom. The van der Waals surface area contributed by atoms with Crippen LogP contribution in [-0.2, 0) is 11.3 Å². The average Bonchev–Trinajstić information content (AvgIpc) is 3.24. The maximum absolute atomic E-state index is 12.9. The van der Waals surface area contributed by atoms with Gasteiger partial charge in [0.1, 0.15) is 6.61 Å². The first-order valence-electron chi connectivity index (χ1n) is 9.53. The molecule has 1 atom stereocenters. The molecule has 0 aliphatic carbocycles. The summed E-state index contributed by atoms with van der Waals surface area (Å²) < 4.78 is 16.8. The summed E-state index contributed by atoms with van der Waals surface area (Å²) in [4.78, 5) is 14.8. The molecule has 2 aromatic carbocycles. The number of methoxy groups -OCH3 is 1. The highest BCUT2D eigenvalue weighted by atomic mass is 35.5. The van der Waals surface area contributed by atoms with Crippen molar-refractivity contribution >= 4 is 17.5 Å². The Morgan fingerprint density at radius 1 is 1.21 bits per heavy atom. The van der Waals surface area contributed by atoms with Gasteiger partial charge in [0.2, 0.25) is 0 Å². The summed E-state index contributed by atoms with van der Waals surface area (Å²) in [6, 6.07) is 12.8. The molecular weight excluding hydrogens is 378 g/mol. The van der Waals surface area contributed by atoms with E-state index >= 15 is 0 Å². The first-order valence-corrected chi connectivity index (χ1v) is 9.90. The molecule has 0 N–H and O–H groups in total. The minimum Gasteiger partial charge on any atom is -0.493 e. The van der Waals surface area contributed by atoms with Crippen LogP contribution in [0.3, 0.4) is 0 Å². The SMILES string of the molecule is CCN(CC1CCOC1)C(=O)c1ccc(OCc2ccc(Cl)cc2)c(OC)c1. The van der Waals surface area contributed by atoms with Crippen LogP contribution in [-0.4, -0.2) is 44.2 Å². The molecule has 0 radical (unpaired) electrons. The van der Waals surface area contributed by atoms with E-state index in [0.29, 0.717) is 47.7 Å². The molecule has 150 valence electrons. The normalized spacial score (nSPS) is 16.0. The van der Waals surface area contributed by atoms with Crippen molar-refractivity contribution in [2.45, 2.75) is 20.0 Å². The van der Waals surface area contributed by atoms with Gasteiger partial charge in [-0.25, -0.2) is 0 Å². The highest BCUT2D eigenvalue weighted by Gasteiger charge is 2.23. The zero-order valence-corrected chi connectivity index (χ0v) is 17.1. The maximum Gasteiger partial charge on any atom is 0.253 e. The third-order valence-electron chi connectivity index (χ3n) is 4.89. The van der Waals surface area contributed by atoms with E-state index in [4.69, 9.17) is 25.8 Å². The van der Waals surface area contributed by atoms with Crippen molar-refractivity contribution in [3.05, 3.63) is 58.6 Å². The molecule has 3 rings (SSSR count). The summed E-state index contributed by atoms with van der Waals surface area (Å²) >= 11 is 5.91. The minimum absolute atomic E-state index is 0.00282. The first-order chi connectivity index (χ1) is 13.6. The average molecular weight is 404 g/mol. The third kappa shape index (κ3) is 5.18. The van der Waals surface area contributed by atoms with Crippen LogP contribution in [0.4, 0.5) is 0 Å². The number of hydrogen-bond acceptors (Lipinski definition) is 4. The van der Waals surface area contributed by atoms with E-state index < -0.39 is 0 Å². The second-order valence-corrected chi connectivity index (χ2v) is 7.29. The lowest BCUT2D eigenvalue weighted by Gasteiger charge is -2.24. The lowest BCUT2D eigenvalue weighted by atomic mass is 10.1. The predicted molar refractivity (Wildman–Crippen MR) is 109 cm³/mol. The fourth-order valence-corrected chi connectivity index (χ4v) is 3.36. The molecule has 1 unspecified atom stereocenters. The monoisotopic (exact) mass is 403 g/mol. The molecule has 6 heteroatoms. The van der Waals surface area contributed by atoms with Crippen molar-refractivity contribution in [2.75, 3.05) is 33.4 Å². The third-order valence-corrected chi connectivity index (χ3v) is 5.14. The van der Waals surface area contributed by atoms with Crippen LogP contribution in [0.25, 0.3) is 0 Å². The quantitative estimate of drug-likeness (QED) is 0.654. The first kappa shape index (κ1) is 20.5. The number of hydrogen-bond donors (Lipinski definition) is 0. The van der Waals surface area contributed by atoms with E-state index in [2.05, 4.69) is 0 Å². The van der Waals surface area contributed by atoms with E-state index in [1.165, 1.54) is 0 Å². The minimum atomic E-state index is -0.00282. The molecule has 1 amide bonds. The van der Waals surface area contributed by atoms with Crippen molar-refractivity contribution in [1.29, 1.82) is 0 Å². The summed E-state index contributed by atoms with van der Waals surface area (Å²) in [5, 5.41) is 0.689. The van der Waals surface area contributed by atoms with E-state index in [0.717, 1.165) is 25.2 Å². The second kappa shape index (κ2) is 9.80. The van der Waals surface area contributed by atoms with Gasteiger partial charge in [-0.3, -0.25) is 4.79 Å². The Morgan fingerprint density at radius 2 is 2.00 bits per heavy atom. The van der Waals surface area contributed by atoms with Crippen LogP contribution in [0.1, 0.15) is 29.3 Å². The molecule has 1 aliphatic heterocycles. The van der Waals surface area contributed by atoms with Gasteiger partial charge in [-0.1, -0.05) is 23.7 Å². The molecule has 1 aliphatic rings. The zero-order chi connectivity index (χ0) is 19.9. The Bertz CT molecular complexity index is 788. The number of rotatable bonds is 8. The van der Waals surface area contributed by atoms with Gasteiger partial charge in [0.05, 0.1) is 13.7 Å². The van der Waals surface area contributed by atoms with Gasteiger partial charge in [0, 0.05) is 36.2 Å². The van der Waals surface area contributed by atoms with Crippen molar-refractivity contribution in [3.8, 4) is 11.5 Å². The largest absolute Gasteiger partial charge is 0.493 e. The fourth-order valence-electron chi connectivity index (χ4n) is 3.24. The summed E-state index contributed by atoms with van der Waals surface area (Å²) in [6.45, 7) is 5.27. The predicted octanol–water partition coefficient (Wildman–Crippen LogP) is 4.43. The van der Waals surface area contributed by atoms with Crippen molar-refractivity contribution in [3.63, 3.8) is 0 Å². The summed E-state index contributed by atoms with van der Waals surface area (Å²) in [6.07, 6.45) is 1.00. The molecule has 0 spiro atoms. The molecule has 1 fully saturated rings.